The molecule has 0 saturated carbocycles. The second-order valence-electron chi connectivity index (χ2n) is 4.88. The zero-order valence-electron chi connectivity index (χ0n) is 11.3. The van der Waals surface area contributed by atoms with Crippen molar-refractivity contribution in [3.05, 3.63) is 80.2 Å². The fourth-order valence-electron chi connectivity index (χ4n) is 2.25. The van der Waals surface area contributed by atoms with Crippen LogP contribution in [-0.2, 0) is 6.42 Å². The van der Waals surface area contributed by atoms with E-state index in [-0.39, 0.29) is 0 Å². The van der Waals surface area contributed by atoms with Gasteiger partial charge in [-0.1, -0.05) is 36.4 Å². The predicted molar refractivity (Wildman–Crippen MR) is 96.5 cm³/mol. The van der Waals surface area contributed by atoms with Gasteiger partial charge in [0.2, 0.25) is 0 Å². The van der Waals surface area contributed by atoms with Gasteiger partial charge in [0.15, 0.2) is 0 Å². The molecule has 0 aliphatic rings. The summed E-state index contributed by atoms with van der Waals surface area (Å²) < 4.78 is 1.31. The van der Waals surface area contributed by atoms with Crippen molar-refractivity contribution in [1.82, 2.24) is 0 Å². The lowest BCUT2D eigenvalue weighted by Gasteiger charge is -2.04. The molecule has 1 heterocycles. The van der Waals surface area contributed by atoms with Gasteiger partial charge in [-0.25, -0.2) is 0 Å². The number of hydrogen-bond donors (Lipinski definition) is 0. The largest absolute Gasteiger partial charge is 0.140 e. The first-order chi connectivity index (χ1) is 9.72. The first-order valence-corrected chi connectivity index (χ1v) is 8.51. The van der Waals surface area contributed by atoms with Crippen molar-refractivity contribution in [3.8, 4) is 10.4 Å². The van der Waals surface area contributed by atoms with Gasteiger partial charge in [0.25, 0.3) is 0 Å². The smallest absolute Gasteiger partial charge is 0.0345 e. The Bertz CT molecular complexity index is 713. The molecular formula is C18H15IS. The first kappa shape index (κ1) is 13.8. The zero-order valence-corrected chi connectivity index (χ0v) is 14.2. The summed E-state index contributed by atoms with van der Waals surface area (Å²) in [5.41, 5.74) is 4.11. The van der Waals surface area contributed by atoms with Crippen molar-refractivity contribution >= 4 is 33.9 Å². The maximum Gasteiger partial charge on any atom is 0.0345 e. The monoisotopic (exact) mass is 390 g/mol. The van der Waals surface area contributed by atoms with Gasteiger partial charge in [-0.3, -0.25) is 0 Å². The Morgan fingerprint density at radius 1 is 0.950 bits per heavy atom. The highest BCUT2D eigenvalue weighted by molar-refractivity contribution is 14.1. The second kappa shape index (κ2) is 6.10. The van der Waals surface area contributed by atoms with E-state index in [0.29, 0.717) is 0 Å². The van der Waals surface area contributed by atoms with Crippen LogP contribution in [0, 0.1) is 10.5 Å². The topological polar surface area (TPSA) is 0 Å². The Hall–Kier alpha value is -1.13. The minimum Gasteiger partial charge on any atom is -0.140 e. The Balaban J connectivity index is 1.86. The SMILES string of the molecule is Cc1ccc(I)cc1Cc1ccc(-c2ccccc2)s1. The molecule has 3 aromatic rings. The molecule has 3 rings (SSSR count). The van der Waals surface area contributed by atoms with Crippen LogP contribution >= 0.6 is 33.9 Å². The van der Waals surface area contributed by atoms with Gasteiger partial charge in [-0.2, -0.15) is 0 Å². The Morgan fingerprint density at radius 3 is 2.55 bits per heavy atom. The van der Waals surface area contributed by atoms with Crippen molar-refractivity contribution in [1.29, 1.82) is 0 Å². The van der Waals surface area contributed by atoms with Crippen LogP contribution in [0.15, 0.2) is 60.7 Å². The van der Waals surface area contributed by atoms with E-state index < -0.39 is 0 Å². The molecule has 2 heteroatoms. The highest BCUT2D eigenvalue weighted by Gasteiger charge is 2.05. The molecular weight excluding hydrogens is 375 g/mol. The summed E-state index contributed by atoms with van der Waals surface area (Å²) in [5, 5.41) is 0. The Morgan fingerprint density at radius 2 is 1.75 bits per heavy atom. The average Bonchev–Trinajstić information content (AvgIpc) is 2.92. The molecule has 100 valence electrons. The molecule has 0 amide bonds. The Kier molecular flexibility index (Phi) is 4.22. The van der Waals surface area contributed by atoms with Crippen LogP contribution in [-0.4, -0.2) is 0 Å². The number of rotatable bonds is 3. The first-order valence-electron chi connectivity index (χ1n) is 6.61. The average molecular weight is 390 g/mol. The third-order valence-corrected chi connectivity index (χ3v) is 5.20. The van der Waals surface area contributed by atoms with E-state index in [0.717, 1.165) is 6.42 Å². The van der Waals surface area contributed by atoms with E-state index in [1.165, 1.54) is 30.0 Å². The minimum absolute atomic E-state index is 1.03. The van der Waals surface area contributed by atoms with Gasteiger partial charge >= 0.3 is 0 Å². The van der Waals surface area contributed by atoms with Crippen LogP contribution in [0.2, 0.25) is 0 Å². The minimum atomic E-state index is 1.03. The summed E-state index contributed by atoms with van der Waals surface area (Å²) in [7, 11) is 0. The molecule has 0 N–H and O–H groups in total. The molecule has 2 aromatic carbocycles. The van der Waals surface area contributed by atoms with Crippen molar-refractivity contribution in [2.24, 2.45) is 0 Å². The van der Waals surface area contributed by atoms with E-state index in [4.69, 9.17) is 0 Å². The number of aryl methyl sites for hydroxylation is 1. The molecule has 0 bridgehead atoms. The summed E-state index contributed by atoms with van der Waals surface area (Å²) in [6.45, 7) is 2.19. The standard InChI is InChI=1S/C18H15IS/c1-13-7-8-16(19)11-15(13)12-17-9-10-18(20-17)14-5-3-2-4-6-14/h2-11H,12H2,1H3. The third kappa shape index (κ3) is 3.13. The van der Waals surface area contributed by atoms with Crippen LogP contribution < -0.4 is 0 Å². The lowest BCUT2D eigenvalue weighted by Crippen LogP contribution is -1.90. The lowest BCUT2D eigenvalue weighted by molar-refractivity contribution is 1.19. The van der Waals surface area contributed by atoms with Gasteiger partial charge in [0.1, 0.15) is 0 Å². The van der Waals surface area contributed by atoms with E-state index >= 15 is 0 Å². The number of halogens is 1. The number of thiophene rings is 1. The predicted octanol–water partition coefficient (Wildman–Crippen LogP) is 5.92. The maximum absolute atomic E-state index is 2.38. The van der Waals surface area contributed by atoms with Crippen molar-refractivity contribution in [2.75, 3.05) is 0 Å². The maximum atomic E-state index is 2.38. The van der Waals surface area contributed by atoms with Crippen LogP contribution in [0.4, 0.5) is 0 Å². The molecule has 0 nitrogen and oxygen atoms in total. The van der Waals surface area contributed by atoms with Crippen LogP contribution in [0.25, 0.3) is 10.4 Å². The third-order valence-electron chi connectivity index (χ3n) is 3.40. The van der Waals surface area contributed by atoms with Gasteiger partial charge < -0.3 is 0 Å². The van der Waals surface area contributed by atoms with Crippen molar-refractivity contribution in [3.63, 3.8) is 0 Å². The summed E-state index contributed by atoms with van der Waals surface area (Å²) >= 11 is 4.28. The summed E-state index contributed by atoms with van der Waals surface area (Å²) in [5.74, 6) is 0. The lowest BCUT2D eigenvalue weighted by atomic mass is 10.1. The summed E-state index contributed by atoms with van der Waals surface area (Å²) in [6, 6.07) is 21.8. The molecule has 0 radical (unpaired) electrons. The van der Waals surface area contributed by atoms with Crippen LogP contribution in [0.1, 0.15) is 16.0 Å². The molecule has 0 fully saturated rings. The van der Waals surface area contributed by atoms with E-state index in [1.54, 1.807) is 0 Å². The molecule has 0 unspecified atom stereocenters. The van der Waals surface area contributed by atoms with Gasteiger partial charge in [0, 0.05) is 19.7 Å². The van der Waals surface area contributed by atoms with Crippen molar-refractivity contribution < 1.29 is 0 Å². The van der Waals surface area contributed by atoms with Crippen LogP contribution in [0.5, 0.6) is 0 Å². The highest BCUT2D eigenvalue weighted by atomic mass is 127. The van der Waals surface area contributed by atoms with Crippen molar-refractivity contribution in [2.45, 2.75) is 13.3 Å². The van der Waals surface area contributed by atoms with Crippen LogP contribution in [0.3, 0.4) is 0 Å². The molecule has 0 atom stereocenters. The number of hydrogen-bond acceptors (Lipinski definition) is 1. The zero-order chi connectivity index (χ0) is 13.9. The molecule has 0 aliphatic carbocycles. The Labute approximate surface area is 137 Å². The second-order valence-corrected chi connectivity index (χ2v) is 7.29. The molecule has 0 saturated heterocycles. The van der Waals surface area contributed by atoms with E-state index in [2.05, 4.69) is 90.2 Å². The molecule has 1 aromatic heterocycles. The molecule has 20 heavy (non-hydrogen) atoms. The van der Waals surface area contributed by atoms with E-state index in [9.17, 15) is 0 Å². The molecule has 0 spiro atoms. The quantitative estimate of drug-likeness (QED) is 0.487. The fraction of sp³-hybridized carbons (Fsp3) is 0.111. The summed E-state index contributed by atoms with van der Waals surface area (Å²) in [6.07, 6.45) is 1.03. The molecule has 0 aliphatic heterocycles. The van der Waals surface area contributed by atoms with E-state index in [1.807, 2.05) is 11.3 Å². The fourth-order valence-corrected chi connectivity index (χ4v) is 3.84. The highest BCUT2D eigenvalue weighted by Crippen LogP contribution is 2.30. The normalized spacial score (nSPS) is 10.7. The van der Waals surface area contributed by atoms with Gasteiger partial charge in [-0.05, 0) is 70.5 Å². The summed E-state index contributed by atoms with van der Waals surface area (Å²) in [4.78, 5) is 2.78. The number of benzene rings is 2. The van der Waals surface area contributed by atoms with Gasteiger partial charge in [0.05, 0.1) is 0 Å². The van der Waals surface area contributed by atoms with Gasteiger partial charge in [-0.15, -0.1) is 11.3 Å².